The van der Waals surface area contributed by atoms with Crippen molar-refractivity contribution in [1.29, 1.82) is 0 Å². The Morgan fingerprint density at radius 3 is 1.40 bits per heavy atom. The highest BCUT2D eigenvalue weighted by Gasteiger charge is 2.27. The van der Waals surface area contributed by atoms with Gasteiger partial charge in [-0.25, -0.2) is 0 Å². The van der Waals surface area contributed by atoms with Crippen LogP contribution in [0.5, 0.6) is 0 Å². The largest absolute Gasteiger partial charge is 0.387 e. The second-order valence-corrected chi connectivity index (χ2v) is 15.2. The molecule has 0 heterocycles. The van der Waals surface area contributed by atoms with Gasteiger partial charge in [-0.3, -0.25) is 9.35 Å². The predicted octanol–water partition coefficient (Wildman–Crippen LogP) is 10.2. The van der Waals surface area contributed by atoms with Gasteiger partial charge in [-0.2, -0.15) is 8.42 Å². The molecule has 0 aliphatic rings. The first-order chi connectivity index (χ1) is 22.7. The molecule has 3 unspecified atom stereocenters. The lowest BCUT2D eigenvalue weighted by Gasteiger charge is -2.22. The maximum atomic E-state index is 12.5. The van der Waals surface area contributed by atoms with Crippen LogP contribution in [0.15, 0.2) is 24.3 Å². The number of allylic oxidation sites excluding steroid dienone is 3. The van der Waals surface area contributed by atoms with Gasteiger partial charge in [0.15, 0.2) is 0 Å². The minimum Gasteiger partial charge on any atom is -0.387 e. The first kappa shape index (κ1) is 45.8. The number of nitrogens with one attached hydrogen (secondary N) is 1. The van der Waals surface area contributed by atoms with Crippen LogP contribution in [0.1, 0.15) is 194 Å². The smallest absolute Gasteiger partial charge is 0.267 e. The number of rotatable bonds is 35. The molecule has 0 radical (unpaired) electrons. The molecule has 47 heavy (non-hydrogen) atoms. The summed E-state index contributed by atoms with van der Waals surface area (Å²) in [5, 5.41) is 23.3. The number of carbonyl (C=O) groups is 1. The average molecular weight is 686 g/mol. The summed E-state index contributed by atoms with van der Waals surface area (Å²) in [7, 11) is -4.44. The standard InChI is InChI=1S/C39H75NO6S/c1-3-5-7-9-11-13-15-16-17-18-19-20-21-22-23-24-26-28-30-32-34-38(42)39(43)40-36(35-47(44,45)46)37(41)33-31-29-27-25-14-12-10-8-6-4-2/h14,25,31,33,36-38,41-42H,3-13,15-24,26-30,32,34-35H2,1-2H3,(H,40,43)(H,44,45,46)/b25-14+,33-31+. The summed E-state index contributed by atoms with van der Waals surface area (Å²) in [6.07, 6.45) is 38.2. The van der Waals surface area contributed by atoms with Crippen molar-refractivity contribution < 1.29 is 28.0 Å². The van der Waals surface area contributed by atoms with E-state index in [1.807, 2.05) is 0 Å². The van der Waals surface area contributed by atoms with E-state index in [-0.39, 0.29) is 6.42 Å². The molecule has 0 aliphatic heterocycles. The van der Waals surface area contributed by atoms with Crippen LogP contribution < -0.4 is 5.32 Å². The lowest BCUT2D eigenvalue weighted by Crippen LogP contribution is -2.50. The summed E-state index contributed by atoms with van der Waals surface area (Å²) in [5.41, 5.74) is 0. The van der Waals surface area contributed by atoms with Crippen LogP contribution in [0.2, 0.25) is 0 Å². The molecule has 3 atom stereocenters. The van der Waals surface area contributed by atoms with Crippen molar-refractivity contribution in [2.24, 2.45) is 0 Å². The lowest BCUT2D eigenvalue weighted by molar-refractivity contribution is -0.130. The van der Waals surface area contributed by atoms with Gasteiger partial charge >= 0.3 is 0 Å². The SMILES string of the molecule is CCCCCC/C=C/CC/C=C/C(O)C(CS(=O)(=O)O)NC(=O)C(O)CCCCCCCCCCCCCCCCCCCCCC. The van der Waals surface area contributed by atoms with Crippen LogP contribution in [0, 0.1) is 0 Å². The third-order valence-electron chi connectivity index (χ3n) is 8.99. The van der Waals surface area contributed by atoms with Gasteiger partial charge in [0.25, 0.3) is 10.1 Å². The second kappa shape index (κ2) is 33.3. The normalized spacial score (nSPS) is 14.2. The van der Waals surface area contributed by atoms with Crippen molar-refractivity contribution in [1.82, 2.24) is 5.32 Å². The summed E-state index contributed by atoms with van der Waals surface area (Å²) in [4.78, 5) is 12.5. The third-order valence-corrected chi connectivity index (χ3v) is 9.77. The summed E-state index contributed by atoms with van der Waals surface area (Å²) in [6, 6.07) is -1.24. The molecule has 0 aromatic rings. The van der Waals surface area contributed by atoms with E-state index in [0.29, 0.717) is 12.8 Å². The number of aliphatic hydroxyl groups excluding tert-OH is 2. The molecular formula is C39H75NO6S. The van der Waals surface area contributed by atoms with Crippen LogP contribution in [0.4, 0.5) is 0 Å². The Hall–Kier alpha value is -1.22. The van der Waals surface area contributed by atoms with E-state index < -0.39 is 40.0 Å². The monoisotopic (exact) mass is 686 g/mol. The fourth-order valence-electron chi connectivity index (χ4n) is 5.94. The Morgan fingerprint density at radius 2 is 0.957 bits per heavy atom. The number of aliphatic hydroxyl groups is 2. The predicted molar refractivity (Wildman–Crippen MR) is 199 cm³/mol. The second-order valence-electron chi connectivity index (χ2n) is 13.7. The minimum absolute atomic E-state index is 0.278. The molecule has 0 aromatic carbocycles. The molecule has 7 nitrogen and oxygen atoms in total. The van der Waals surface area contributed by atoms with Gasteiger partial charge in [0.05, 0.1) is 17.9 Å². The van der Waals surface area contributed by atoms with Gasteiger partial charge in [0.2, 0.25) is 5.91 Å². The number of unbranched alkanes of at least 4 members (excludes halogenated alkanes) is 24. The summed E-state index contributed by atoms with van der Waals surface area (Å²) in [6.45, 7) is 4.46. The van der Waals surface area contributed by atoms with E-state index in [1.165, 1.54) is 134 Å². The van der Waals surface area contributed by atoms with E-state index in [2.05, 4.69) is 31.3 Å². The molecule has 0 rings (SSSR count). The van der Waals surface area contributed by atoms with Crippen molar-refractivity contribution >= 4 is 16.0 Å². The Morgan fingerprint density at radius 1 is 0.574 bits per heavy atom. The van der Waals surface area contributed by atoms with Gasteiger partial charge in [0.1, 0.15) is 6.10 Å². The van der Waals surface area contributed by atoms with Gasteiger partial charge in [-0.1, -0.05) is 186 Å². The van der Waals surface area contributed by atoms with Gasteiger partial charge in [-0.05, 0) is 32.1 Å². The number of amides is 1. The first-order valence-electron chi connectivity index (χ1n) is 19.6. The van der Waals surface area contributed by atoms with E-state index >= 15 is 0 Å². The third kappa shape index (κ3) is 33.1. The van der Waals surface area contributed by atoms with E-state index in [9.17, 15) is 28.0 Å². The van der Waals surface area contributed by atoms with E-state index in [0.717, 1.165) is 32.1 Å². The number of hydrogen-bond donors (Lipinski definition) is 4. The molecule has 8 heteroatoms. The summed E-state index contributed by atoms with van der Waals surface area (Å²) < 4.78 is 32.3. The molecule has 1 amide bonds. The van der Waals surface area contributed by atoms with Crippen LogP contribution >= 0.6 is 0 Å². The molecule has 0 aromatic heterocycles. The molecule has 0 fully saturated rings. The molecule has 0 spiro atoms. The average Bonchev–Trinajstić information content (AvgIpc) is 3.03. The maximum Gasteiger partial charge on any atom is 0.267 e. The number of hydrogen-bond acceptors (Lipinski definition) is 5. The highest BCUT2D eigenvalue weighted by atomic mass is 32.2. The molecule has 0 saturated carbocycles. The van der Waals surface area contributed by atoms with Crippen LogP contribution in [-0.2, 0) is 14.9 Å². The first-order valence-corrected chi connectivity index (χ1v) is 21.3. The summed E-state index contributed by atoms with van der Waals surface area (Å²) in [5.74, 6) is -1.55. The Kier molecular flexibility index (Phi) is 32.4. The van der Waals surface area contributed by atoms with Crippen LogP contribution in [0.3, 0.4) is 0 Å². The van der Waals surface area contributed by atoms with Crippen molar-refractivity contribution in [3.63, 3.8) is 0 Å². The maximum absolute atomic E-state index is 12.5. The molecule has 0 aliphatic carbocycles. The van der Waals surface area contributed by atoms with Crippen molar-refractivity contribution in [3.8, 4) is 0 Å². The zero-order valence-corrected chi connectivity index (χ0v) is 31.3. The van der Waals surface area contributed by atoms with Crippen molar-refractivity contribution in [2.45, 2.75) is 212 Å². The zero-order valence-electron chi connectivity index (χ0n) is 30.5. The molecule has 4 N–H and O–H groups in total. The van der Waals surface area contributed by atoms with E-state index in [4.69, 9.17) is 0 Å². The Labute approximate surface area is 290 Å². The van der Waals surface area contributed by atoms with Gasteiger partial charge < -0.3 is 15.5 Å². The van der Waals surface area contributed by atoms with Crippen LogP contribution in [-0.4, -0.2) is 53.1 Å². The van der Waals surface area contributed by atoms with Gasteiger partial charge in [0, 0.05) is 0 Å². The number of carbonyl (C=O) groups excluding carboxylic acids is 1. The van der Waals surface area contributed by atoms with E-state index in [1.54, 1.807) is 6.08 Å². The van der Waals surface area contributed by atoms with Crippen molar-refractivity contribution in [2.75, 3.05) is 5.75 Å². The summed E-state index contributed by atoms with van der Waals surface area (Å²) >= 11 is 0. The molecule has 278 valence electrons. The molecule has 0 saturated heterocycles. The lowest BCUT2D eigenvalue weighted by atomic mass is 10.0. The van der Waals surface area contributed by atoms with Crippen LogP contribution in [0.25, 0.3) is 0 Å². The topological polar surface area (TPSA) is 124 Å². The Bertz CT molecular complexity index is 860. The quantitative estimate of drug-likeness (QED) is 0.0299. The molecular weight excluding hydrogens is 610 g/mol. The Balaban J connectivity index is 3.96. The van der Waals surface area contributed by atoms with Gasteiger partial charge in [-0.15, -0.1) is 0 Å². The highest BCUT2D eigenvalue weighted by Crippen LogP contribution is 2.15. The highest BCUT2D eigenvalue weighted by molar-refractivity contribution is 7.85. The van der Waals surface area contributed by atoms with Crippen molar-refractivity contribution in [3.05, 3.63) is 24.3 Å². The zero-order chi connectivity index (χ0) is 34.9. The fraction of sp³-hybridized carbons (Fsp3) is 0.872. The molecule has 0 bridgehead atoms. The fourth-order valence-corrected chi connectivity index (χ4v) is 6.68. The minimum atomic E-state index is -4.44.